The van der Waals surface area contributed by atoms with Gasteiger partial charge in [0.05, 0.1) is 11.9 Å². The number of halogens is 1. The topological polar surface area (TPSA) is 20.3 Å². The van der Waals surface area contributed by atoms with E-state index in [1.807, 2.05) is 7.05 Å². The van der Waals surface area contributed by atoms with Gasteiger partial charge in [-0.1, -0.05) is 15.9 Å². The first-order valence-corrected chi connectivity index (χ1v) is 5.98. The van der Waals surface area contributed by atoms with E-state index in [0.29, 0.717) is 11.9 Å². The van der Waals surface area contributed by atoms with E-state index in [4.69, 9.17) is 0 Å². The van der Waals surface area contributed by atoms with E-state index in [1.165, 1.54) is 10.4 Å². The Morgan fingerprint density at radius 3 is 2.85 bits per heavy atom. The number of alkyl halides is 1. The fraction of sp³-hybridized carbons (Fsp3) is 0.444. The molecule has 2 nitrogen and oxygen atoms in total. The Morgan fingerprint density at radius 2 is 2.38 bits per heavy atom. The van der Waals surface area contributed by atoms with Crippen molar-refractivity contribution in [2.45, 2.75) is 13.5 Å². The normalized spacial score (nSPS) is 10.1. The summed E-state index contributed by atoms with van der Waals surface area (Å²) in [6.07, 6.45) is 0. The predicted molar refractivity (Wildman–Crippen MR) is 59.3 cm³/mol. The molecule has 0 spiro atoms. The van der Waals surface area contributed by atoms with Crippen LogP contribution in [0.4, 0.5) is 0 Å². The largest absolute Gasteiger partial charge is 0.340 e. The summed E-state index contributed by atoms with van der Waals surface area (Å²) in [5.41, 5.74) is 1.26. The van der Waals surface area contributed by atoms with Crippen molar-refractivity contribution in [1.82, 2.24) is 4.90 Å². The third kappa shape index (κ3) is 2.81. The van der Waals surface area contributed by atoms with Crippen LogP contribution in [0.3, 0.4) is 0 Å². The summed E-state index contributed by atoms with van der Waals surface area (Å²) in [5.74, 6) is 0.118. The maximum atomic E-state index is 11.2. The van der Waals surface area contributed by atoms with Crippen molar-refractivity contribution >= 4 is 33.2 Å². The van der Waals surface area contributed by atoms with Crippen LogP contribution in [0.2, 0.25) is 0 Å². The number of nitrogens with zero attached hydrogens (tertiary/aromatic N) is 1. The molecule has 13 heavy (non-hydrogen) atoms. The number of hydrogen-bond donors (Lipinski definition) is 0. The highest BCUT2D eigenvalue weighted by Gasteiger charge is 2.09. The Morgan fingerprint density at radius 1 is 1.69 bits per heavy atom. The number of amides is 1. The van der Waals surface area contributed by atoms with Crippen LogP contribution < -0.4 is 0 Å². The van der Waals surface area contributed by atoms with Crippen molar-refractivity contribution in [3.05, 3.63) is 21.9 Å². The van der Waals surface area contributed by atoms with Gasteiger partial charge >= 0.3 is 0 Å². The maximum absolute atomic E-state index is 11.2. The van der Waals surface area contributed by atoms with Crippen molar-refractivity contribution in [2.75, 3.05) is 12.4 Å². The molecule has 4 heteroatoms. The SMILES string of the molecule is Cc1ccsc1CN(C)C(=O)CBr. The molecule has 0 bridgehead atoms. The van der Waals surface area contributed by atoms with Gasteiger partial charge in [-0.25, -0.2) is 0 Å². The quantitative estimate of drug-likeness (QED) is 0.766. The lowest BCUT2D eigenvalue weighted by Gasteiger charge is -2.15. The first-order valence-electron chi connectivity index (χ1n) is 3.98. The van der Waals surface area contributed by atoms with Gasteiger partial charge in [-0.15, -0.1) is 11.3 Å². The van der Waals surface area contributed by atoms with Crippen LogP contribution in [0.25, 0.3) is 0 Å². The molecule has 0 unspecified atom stereocenters. The van der Waals surface area contributed by atoms with Gasteiger partial charge in [-0.05, 0) is 23.9 Å². The summed E-state index contributed by atoms with van der Waals surface area (Å²) < 4.78 is 0. The molecule has 0 aliphatic heterocycles. The van der Waals surface area contributed by atoms with Crippen LogP contribution in [0.5, 0.6) is 0 Å². The number of carbonyl (C=O) groups excluding carboxylic acids is 1. The van der Waals surface area contributed by atoms with Crippen molar-refractivity contribution in [3.8, 4) is 0 Å². The highest BCUT2D eigenvalue weighted by Crippen LogP contribution is 2.17. The van der Waals surface area contributed by atoms with Gasteiger partial charge in [-0.3, -0.25) is 4.79 Å². The van der Waals surface area contributed by atoms with Crippen molar-refractivity contribution < 1.29 is 4.79 Å². The zero-order valence-corrected chi connectivity index (χ0v) is 10.1. The van der Waals surface area contributed by atoms with Gasteiger partial charge < -0.3 is 4.90 Å². The summed E-state index contributed by atoms with van der Waals surface area (Å²) in [4.78, 5) is 14.2. The minimum Gasteiger partial charge on any atom is -0.340 e. The molecular formula is C9H12BrNOS. The fourth-order valence-electron chi connectivity index (χ4n) is 0.972. The first kappa shape index (κ1) is 10.7. The lowest BCUT2D eigenvalue weighted by Crippen LogP contribution is -2.26. The van der Waals surface area contributed by atoms with Gasteiger partial charge in [0.1, 0.15) is 0 Å². The van der Waals surface area contributed by atoms with Crippen LogP contribution in [0.1, 0.15) is 10.4 Å². The van der Waals surface area contributed by atoms with E-state index in [0.717, 1.165) is 0 Å². The molecular weight excluding hydrogens is 250 g/mol. The zero-order chi connectivity index (χ0) is 9.84. The summed E-state index contributed by atoms with van der Waals surface area (Å²) in [5, 5.41) is 2.45. The van der Waals surface area contributed by atoms with Gasteiger partial charge in [0.2, 0.25) is 5.91 Å². The maximum Gasteiger partial charge on any atom is 0.233 e. The molecule has 1 aromatic heterocycles. The van der Waals surface area contributed by atoms with Crippen LogP contribution >= 0.6 is 27.3 Å². The average molecular weight is 262 g/mol. The van der Waals surface area contributed by atoms with Gasteiger partial charge in [-0.2, -0.15) is 0 Å². The minimum atomic E-state index is 0.118. The van der Waals surface area contributed by atoms with Crippen molar-refractivity contribution in [1.29, 1.82) is 0 Å². The van der Waals surface area contributed by atoms with Crippen LogP contribution in [0, 0.1) is 6.92 Å². The molecule has 1 aromatic rings. The van der Waals surface area contributed by atoms with E-state index in [-0.39, 0.29) is 5.91 Å². The second kappa shape index (κ2) is 4.77. The van der Waals surface area contributed by atoms with Crippen LogP contribution in [-0.2, 0) is 11.3 Å². The highest BCUT2D eigenvalue weighted by molar-refractivity contribution is 9.09. The summed E-state index contributed by atoms with van der Waals surface area (Å²) in [6, 6.07) is 2.08. The van der Waals surface area contributed by atoms with Gasteiger partial charge in [0.15, 0.2) is 0 Å². The second-order valence-corrected chi connectivity index (χ2v) is 4.47. The van der Waals surface area contributed by atoms with Crippen LogP contribution in [-0.4, -0.2) is 23.2 Å². The van der Waals surface area contributed by atoms with E-state index in [9.17, 15) is 4.79 Å². The lowest BCUT2D eigenvalue weighted by molar-refractivity contribution is -0.127. The Kier molecular flexibility index (Phi) is 3.93. The number of hydrogen-bond acceptors (Lipinski definition) is 2. The summed E-state index contributed by atoms with van der Waals surface area (Å²) >= 11 is 4.85. The van der Waals surface area contributed by atoms with Crippen molar-refractivity contribution in [3.63, 3.8) is 0 Å². The Labute approximate surface area is 90.7 Å². The highest BCUT2D eigenvalue weighted by atomic mass is 79.9. The molecule has 0 aliphatic rings. The Bertz CT molecular complexity index is 298. The van der Waals surface area contributed by atoms with Crippen molar-refractivity contribution in [2.24, 2.45) is 0 Å². The van der Waals surface area contributed by atoms with E-state index in [1.54, 1.807) is 16.2 Å². The second-order valence-electron chi connectivity index (χ2n) is 2.91. The number of aryl methyl sites for hydroxylation is 1. The Hall–Kier alpha value is -0.350. The third-order valence-corrected chi connectivity index (χ3v) is 3.38. The van der Waals surface area contributed by atoms with Gasteiger partial charge in [0.25, 0.3) is 0 Å². The van der Waals surface area contributed by atoms with E-state index >= 15 is 0 Å². The van der Waals surface area contributed by atoms with E-state index < -0.39 is 0 Å². The lowest BCUT2D eigenvalue weighted by atomic mass is 10.3. The number of thiophene rings is 1. The van der Waals surface area contributed by atoms with E-state index in [2.05, 4.69) is 34.3 Å². The molecule has 0 atom stereocenters. The molecule has 0 aliphatic carbocycles. The standard InChI is InChI=1S/C9H12BrNOS/c1-7-3-4-13-8(7)6-11(2)9(12)5-10/h3-4H,5-6H2,1-2H3. The molecule has 72 valence electrons. The number of carbonyl (C=O) groups is 1. The smallest absolute Gasteiger partial charge is 0.233 e. The summed E-state index contributed by atoms with van der Waals surface area (Å²) in [7, 11) is 1.82. The predicted octanol–water partition coefficient (Wildman–Crippen LogP) is 2.41. The molecule has 0 N–H and O–H groups in total. The average Bonchev–Trinajstić information content (AvgIpc) is 2.50. The van der Waals surface area contributed by atoms with Crippen LogP contribution in [0.15, 0.2) is 11.4 Å². The Balaban J connectivity index is 2.59. The monoisotopic (exact) mass is 261 g/mol. The molecule has 0 saturated heterocycles. The molecule has 0 fully saturated rings. The number of rotatable bonds is 3. The fourth-order valence-corrected chi connectivity index (χ4v) is 2.36. The summed E-state index contributed by atoms with van der Waals surface area (Å²) in [6.45, 7) is 2.78. The zero-order valence-electron chi connectivity index (χ0n) is 7.71. The third-order valence-electron chi connectivity index (χ3n) is 1.89. The molecule has 1 rings (SSSR count). The minimum absolute atomic E-state index is 0.118. The molecule has 0 radical (unpaired) electrons. The molecule has 1 amide bonds. The molecule has 0 saturated carbocycles. The van der Waals surface area contributed by atoms with Gasteiger partial charge in [0, 0.05) is 11.9 Å². The molecule has 0 aromatic carbocycles. The first-order chi connectivity index (χ1) is 6.15. The molecule has 1 heterocycles.